The van der Waals surface area contributed by atoms with Crippen molar-refractivity contribution in [1.82, 2.24) is 15.1 Å². The molecule has 0 saturated carbocycles. The molecule has 0 fully saturated rings. The normalized spacial score (nSPS) is 15.2. The maximum Gasteiger partial charge on any atom is 0.269 e. The van der Waals surface area contributed by atoms with Crippen LogP contribution >= 0.6 is 0 Å². The number of aromatic amines is 1. The van der Waals surface area contributed by atoms with E-state index in [4.69, 9.17) is 5.73 Å². The van der Waals surface area contributed by atoms with Gasteiger partial charge < -0.3 is 5.73 Å². The van der Waals surface area contributed by atoms with Crippen LogP contribution in [0.5, 0.6) is 0 Å². The third-order valence-electron chi connectivity index (χ3n) is 3.49. The van der Waals surface area contributed by atoms with Crippen LogP contribution in [0.1, 0.15) is 27.3 Å². The Morgan fingerprint density at radius 1 is 1.37 bits per heavy atom. The van der Waals surface area contributed by atoms with Gasteiger partial charge in [-0.25, -0.2) is 0 Å². The molecule has 1 aromatic carbocycles. The van der Waals surface area contributed by atoms with Gasteiger partial charge in [-0.05, 0) is 5.56 Å². The molecule has 0 aliphatic carbocycles. The van der Waals surface area contributed by atoms with Crippen LogP contribution in [0.4, 0.5) is 0 Å². The molecule has 98 valence electrons. The van der Waals surface area contributed by atoms with Gasteiger partial charge in [0.1, 0.15) is 0 Å². The Kier molecular flexibility index (Phi) is 3.05. The zero-order valence-electron chi connectivity index (χ0n) is 10.6. The van der Waals surface area contributed by atoms with E-state index >= 15 is 0 Å². The molecule has 0 atom stereocenters. The number of hydrogen-bond donors (Lipinski definition) is 2. The van der Waals surface area contributed by atoms with E-state index in [0.29, 0.717) is 5.69 Å². The van der Waals surface area contributed by atoms with Crippen LogP contribution in [-0.2, 0) is 19.5 Å². The SMILES string of the molecule is NC(=O)c1n[nH]c2c1CN(Cc1ccccc1)CC2. The molecule has 1 aliphatic heterocycles. The van der Waals surface area contributed by atoms with Gasteiger partial charge in [0, 0.05) is 37.3 Å². The second-order valence-corrected chi connectivity index (χ2v) is 4.84. The molecule has 0 bridgehead atoms. The lowest BCUT2D eigenvalue weighted by atomic mass is 10.0. The molecule has 3 rings (SSSR count). The van der Waals surface area contributed by atoms with Crippen molar-refractivity contribution < 1.29 is 4.79 Å². The number of aromatic nitrogens is 2. The Balaban J connectivity index is 1.78. The third-order valence-corrected chi connectivity index (χ3v) is 3.49. The van der Waals surface area contributed by atoms with E-state index in [1.54, 1.807) is 0 Å². The van der Waals surface area contributed by atoms with E-state index in [1.165, 1.54) is 5.56 Å². The smallest absolute Gasteiger partial charge is 0.269 e. The van der Waals surface area contributed by atoms with Crippen molar-refractivity contribution in [2.24, 2.45) is 5.73 Å². The number of nitrogens with one attached hydrogen (secondary N) is 1. The summed E-state index contributed by atoms with van der Waals surface area (Å²) in [4.78, 5) is 13.6. The lowest BCUT2D eigenvalue weighted by molar-refractivity contribution is 0.0993. The van der Waals surface area contributed by atoms with Crippen LogP contribution in [0.25, 0.3) is 0 Å². The quantitative estimate of drug-likeness (QED) is 0.862. The molecular formula is C14H16N4O. The average Bonchev–Trinajstić information content (AvgIpc) is 2.83. The topological polar surface area (TPSA) is 75.0 Å². The summed E-state index contributed by atoms with van der Waals surface area (Å²) in [5, 5.41) is 6.93. The van der Waals surface area contributed by atoms with E-state index in [9.17, 15) is 4.79 Å². The summed E-state index contributed by atoms with van der Waals surface area (Å²) < 4.78 is 0. The van der Waals surface area contributed by atoms with Crippen molar-refractivity contribution in [2.75, 3.05) is 6.54 Å². The van der Waals surface area contributed by atoms with Crippen LogP contribution in [0.15, 0.2) is 30.3 Å². The summed E-state index contributed by atoms with van der Waals surface area (Å²) in [6.07, 6.45) is 0.877. The highest BCUT2D eigenvalue weighted by molar-refractivity contribution is 5.92. The molecule has 2 heterocycles. The molecule has 0 unspecified atom stereocenters. The molecule has 1 aliphatic rings. The summed E-state index contributed by atoms with van der Waals surface area (Å²) in [6, 6.07) is 10.3. The van der Waals surface area contributed by atoms with Crippen molar-refractivity contribution in [2.45, 2.75) is 19.5 Å². The van der Waals surface area contributed by atoms with Gasteiger partial charge in [0.05, 0.1) is 0 Å². The molecule has 5 nitrogen and oxygen atoms in total. The second-order valence-electron chi connectivity index (χ2n) is 4.84. The summed E-state index contributed by atoms with van der Waals surface area (Å²) in [5.41, 5.74) is 8.99. The van der Waals surface area contributed by atoms with Crippen LogP contribution in [0.3, 0.4) is 0 Å². The monoisotopic (exact) mass is 256 g/mol. The van der Waals surface area contributed by atoms with Crippen molar-refractivity contribution in [3.63, 3.8) is 0 Å². The fourth-order valence-corrected chi connectivity index (χ4v) is 2.53. The molecule has 1 aromatic heterocycles. The fraction of sp³-hybridized carbons (Fsp3) is 0.286. The van der Waals surface area contributed by atoms with E-state index in [2.05, 4.69) is 27.2 Å². The first kappa shape index (κ1) is 11.9. The van der Waals surface area contributed by atoms with Gasteiger partial charge in [0.2, 0.25) is 0 Å². The molecule has 2 aromatic rings. The highest BCUT2D eigenvalue weighted by atomic mass is 16.1. The highest BCUT2D eigenvalue weighted by Crippen LogP contribution is 2.21. The fourth-order valence-electron chi connectivity index (χ4n) is 2.53. The summed E-state index contributed by atoms with van der Waals surface area (Å²) in [5.74, 6) is -0.459. The number of carbonyl (C=O) groups excluding carboxylic acids is 1. The Hall–Kier alpha value is -2.14. The van der Waals surface area contributed by atoms with Gasteiger partial charge in [-0.3, -0.25) is 14.8 Å². The molecule has 3 N–H and O–H groups in total. The van der Waals surface area contributed by atoms with Crippen LogP contribution in [-0.4, -0.2) is 27.5 Å². The summed E-state index contributed by atoms with van der Waals surface area (Å²) >= 11 is 0. The van der Waals surface area contributed by atoms with Gasteiger partial charge in [-0.1, -0.05) is 30.3 Å². The molecular weight excluding hydrogens is 240 g/mol. The number of nitrogens with zero attached hydrogens (tertiary/aromatic N) is 2. The first-order valence-electron chi connectivity index (χ1n) is 6.36. The number of fused-ring (bicyclic) bond motifs is 1. The number of H-pyrrole nitrogens is 1. The standard InChI is InChI=1S/C14H16N4O/c15-14(19)13-11-9-18(7-6-12(11)16-17-13)8-10-4-2-1-3-5-10/h1-5H,6-9H2,(H2,15,19)(H,16,17). The van der Waals surface area contributed by atoms with E-state index in [-0.39, 0.29) is 0 Å². The maximum atomic E-state index is 11.3. The number of amides is 1. The number of primary amides is 1. The van der Waals surface area contributed by atoms with Gasteiger partial charge in [0.15, 0.2) is 5.69 Å². The van der Waals surface area contributed by atoms with Crippen molar-refractivity contribution in [3.8, 4) is 0 Å². The Morgan fingerprint density at radius 3 is 2.89 bits per heavy atom. The zero-order valence-corrected chi connectivity index (χ0v) is 10.6. The number of nitrogens with two attached hydrogens (primary N) is 1. The number of benzene rings is 1. The highest BCUT2D eigenvalue weighted by Gasteiger charge is 2.24. The van der Waals surface area contributed by atoms with Crippen molar-refractivity contribution >= 4 is 5.91 Å². The van der Waals surface area contributed by atoms with Gasteiger partial charge >= 0.3 is 0 Å². The zero-order chi connectivity index (χ0) is 13.2. The molecule has 0 radical (unpaired) electrons. The van der Waals surface area contributed by atoms with Gasteiger partial charge in [-0.2, -0.15) is 5.10 Å². The van der Waals surface area contributed by atoms with E-state index in [1.807, 2.05) is 18.2 Å². The molecule has 5 heteroatoms. The number of carbonyl (C=O) groups is 1. The van der Waals surface area contributed by atoms with Crippen molar-refractivity contribution in [3.05, 3.63) is 52.8 Å². The Morgan fingerprint density at radius 2 is 2.16 bits per heavy atom. The maximum absolute atomic E-state index is 11.3. The van der Waals surface area contributed by atoms with Gasteiger partial charge in [0.25, 0.3) is 5.91 Å². The summed E-state index contributed by atoms with van der Waals surface area (Å²) in [7, 11) is 0. The largest absolute Gasteiger partial charge is 0.364 e. The molecule has 0 saturated heterocycles. The van der Waals surface area contributed by atoms with Crippen molar-refractivity contribution in [1.29, 1.82) is 0 Å². The lowest BCUT2D eigenvalue weighted by Crippen LogP contribution is -2.31. The Labute approximate surface area is 111 Å². The number of hydrogen-bond acceptors (Lipinski definition) is 3. The first-order chi connectivity index (χ1) is 9.24. The van der Waals surface area contributed by atoms with Crippen LogP contribution in [0, 0.1) is 0 Å². The van der Waals surface area contributed by atoms with Crippen LogP contribution in [0.2, 0.25) is 0 Å². The van der Waals surface area contributed by atoms with E-state index in [0.717, 1.165) is 37.3 Å². The minimum atomic E-state index is -0.459. The predicted molar refractivity (Wildman–Crippen MR) is 71.4 cm³/mol. The van der Waals surface area contributed by atoms with E-state index < -0.39 is 5.91 Å². The lowest BCUT2D eigenvalue weighted by Gasteiger charge is -2.26. The minimum absolute atomic E-state index is 0.382. The number of rotatable bonds is 3. The second kappa shape index (κ2) is 4.85. The molecule has 19 heavy (non-hydrogen) atoms. The van der Waals surface area contributed by atoms with Crippen LogP contribution < -0.4 is 5.73 Å². The molecule has 0 spiro atoms. The third kappa shape index (κ3) is 2.37. The first-order valence-corrected chi connectivity index (χ1v) is 6.36. The summed E-state index contributed by atoms with van der Waals surface area (Å²) in [6.45, 7) is 2.56. The van der Waals surface area contributed by atoms with Gasteiger partial charge in [-0.15, -0.1) is 0 Å². The average molecular weight is 256 g/mol. The Bertz CT molecular complexity index is 591. The molecule has 1 amide bonds. The minimum Gasteiger partial charge on any atom is -0.364 e. The predicted octanol–water partition coefficient (Wildman–Crippen LogP) is 1.07.